The number of anilines is 1. The van der Waals surface area contributed by atoms with E-state index >= 15 is 0 Å². The van der Waals surface area contributed by atoms with E-state index < -0.39 is 0 Å². The Kier molecular flexibility index (Phi) is 6.04. The summed E-state index contributed by atoms with van der Waals surface area (Å²) in [5.41, 5.74) is 7.43. The van der Waals surface area contributed by atoms with Crippen molar-refractivity contribution in [2.24, 2.45) is 11.1 Å². The lowest BCUT2D eigenvalue weighted by Crippen LogP contribution is -2.26. The fourth-order valence-corrected chi connectivity index (χ4v) is 2.28. The van der Waals surface area contributed by atoms with Crippen LogP contribution >= 0.6 is 23.8 Å². The fraction of sp³-hybridized carbons (Fsp3) is 0.500. The van der Waals surface area contributed by atoms with Crippen molar-refractivity contribution in [3.05, 3.63) is 28.8 Å². The zero-order valence-corrected chi connectivity index (χ0v) is 13.2. The Morgan fingerprint density at radius 3 is 2.74 bits per heavy atom. The third-order valence-electron chi connectivity index (χ3n) is 3.00. The van der Waals surface area contributed by atoms with Gasteiger partial charge in [0.1, 0.15) is 4.99 Å². The van der Waals surface area contributed by atoms with Crippen LogP contribution in [0.2, 0.25) is 5.02 Å². The SMILES string of the molecule is COCCC(C)(C)CNc1cccc(Cl)c1C(N)=S. The number of nitrogens with two attached hydrogens (primary N) is 1. The molecule has 19 heavy (non-hydrogen) atoms. The van der Waals surface area contributed by atoms with Gasteiger partial charge < -0.3 is 15.8 Å². The van der Waals surface area contributed by atoms with Gasteiger partial charge in [-0.1, -0.05) is 43.7 Å². The molecule has 0 unspecified atom stereocenters. The summed E-state index contributed by atoms with van der Waals surface area (Å²) in [7, 11) is 1.71. The van der Waals surface area contributed by atoms with Crippen molar-refractivity contribution < 1.29 is 4.74 Å². The van der Waals surface area contributed by atoms with Gasteiger partial charge in [0.15, 0.2) is 0 Å². The van der Waals surface area contributed by atoms with Crippen molar-refractivity contribution in [1.82, 2.24) is 0 Å². The van der Waals surface area contributed by atoms with Crippen LogP contribution in [0.25, 0.3) is 0 Å². The molecule has 1 rings (SSSR count). The first-order valence-electron chi connectivity index (χ1n) is 6.18. The summed E-state index contributed by atoms with van der Waals surface area (Å²) in [6, 6.07) is 5.61. The van der Waals surface area contributed by atoms with Crippen LogP contribution in [-0.4, -0.2) is 25.2 Å². The van der Waals surface area contributed by atoms with E-state index in [9.17, 15) is 0 Å². The molecule has 0 aromatic heterocycles. The smallest absolute Gasteiger partial charge is 0.107 e. The fourth-order valence-electron chi connectivity index (χ4n) is 1.72. The average Bonchev–Trinajstić information content (AvgIpc) is 2.33. The van der Waals surface area contributed by atoms with Crippen LogP contribution in [-0.2, 0) is 4.74 Å². The number of hydrogen-bond donors (Lipinski definition) is 2. The van der Waals surface area contributed by atoms with Gasteiger partial charge in [-0.2, -0.15) is 0 Å². The zero-order chi connectivity index (χ0) is 14.5. The molecule has 106 valence electrons. The second-order valence-electron chi connectivity index (χ2n) is 5.29. The summed E-state index contributed by atoms with van der Waals surface area (Å²) in [6.07, 6.45) is 0.972. The molecule has 0 saturated heterocycles. The van der Waals surface area contributed by atoms with E-state index in [-0.39, 0.29) is 5.41 Å². The third-order valence-corrected chi connectivity index (χ3v) is 3.52. The molecule has 3 N–H and O–H groups in total. The van der Waals surface area contributed by atoms with E-state index in [1.807, 2.05) is 12.1 Å². The van der Waals surface area contributed by atoms with Crippen LogP contribution in [0.1, 0.15) is 25.8 Å². The van der Waals surface area contributed by atoms with Gasteiger partial charge in [0.25, 0.3) is 0 Å². The number of benzene rings is 1. The van der Waals surface area contributed by atoms with Crippen molar-refractivity contribution in [1.29, 1.82) is 0 Å². The van der Waals surface area contributed by atoms with Crippen LogP contribution < -0.4 is 11.1 Å². The number of rotatable bonds is 7. The van der Waals surface area contributed by atoms with Crippen LogP contribution in [0, 0.1) is 5.41 Å². The summed E-state index contributed by atoms with van der Waals surface area (Å²) in [5, 5.41) is 3.95. The largest absolute Gasteiger partial charge is 0.389 e. The van der Waals surface area contributed by atoms with E-state index in [0.717, 1.165) is 25.3 Å². The van der Waals surface area contributed by atoms with Crippen LogP contribution in [0.5, 0.6) is 0 Å². The highest BCUT2D eigenvalue weighted by molar-refractivity contribution is 7.80. The molecule has 0 heterocycles. The maximum atomic E-state index is 6.13. The maximum Gasteiger partial charge on any atom is 0.107 e. The Balaban J connectivity index is 2.78. The summed E-state index contributed by atoms with van der Waals surface area (Å²) >= 11 is 11.2. The topological polar surface area (TPSA) is 47.3 Å². The number of ether oxygens (including phenoxy) is 1. The minimum Gasteiger partial charge on any atom is -0.389 e. The summed E-state index contributed by atoms with van der Waals surface area (Å²) < 4.78 is 5.12. The van der Waals surface area contributed by atoms with E-state index in [0.29, 0.717) is 15.6 Å². The summed E-state index contributed by atoms with van der Waals surface area (Å²) in [6.45, 7) is 5.91. The molecule has 0 saturated carbocycles. The monoisotopic (exact) mass is 300 g/mol. The van der Waals surface area contributed by atoms with E-state index in [1.54, 1.807) is 13.2 Å². The molecule has 0 amide bonds. The molecule has 0 fully saturated rings. The van der Waals surface area contributed by atoms with E-state index in [4.69, 9.17) is 34.3 Å². The van der Waals surface area contributed by atoms with Crippen molar-refractivity contribution >= 4 is 34.5 Å². The predicted molar refractivity (Wildman–Crippen MR) is 86.1 cm³/mol. The molecule has 0 spiro atoms. The van der Waals surface area contributed by atoms with Gasteiger partial charge in [-0.05, 0) is 24.0 Å². The molecule has 0 aliphatic carbocycles. The highest BCUT2D eigenvalue weighted by atomic mass is 35.5. The molecule has 1 aromatic rings. The predicted octanol–water partition coefficient (Wildman–Crippen LogP) is 3.45. The number of thiocarbonyl (C=S) groups is 1. The standard InChI is InChI=1S/C14H21ClN2OS/c1-14(2,7-8-18-3)9-17-11-6-4-5-10(15)12(11)13(16)19/h4-6,17H,7-9H2,1-3H3,(H2,16,19). The molecular formula is C14H21ClN2OS. The number of methoxy groups -OCH3 is 1. The molecule has 1 aromatic carbocycles. The average molecular weight is 301 g/mol. The number of hydrogen-bond acceptors (Lipinski definition) is 3. The molecule has 0 bridgehead atoms. The molecule has 3 nitrogen and oxygen atoms in total. The van der Waals surface area contributed by atoms with Gasteiger partial charge in [0.05, 0.1) is 10.6 Å². The number of halogens is 1. The van der Waals surface area contributed by atoms with E-state index in [1.165, 1.54) is 0 Å². The molecule has 0 radical (unpaired) electrons. The zero-order valence-electron chi connectivity index (χ0n) is 11.6. The Morgan fingerprint density at radius 2 is 2.16 bits per heavy atom. The van der Waals surface area contributed by atoms with Crippen LogP contribution in [0.3, 0.4) is 0 Å². The summed E-state index contributed by atoms with van der Waals surface area (Å²) in [5.74, 6) is 0. The first-order chi connectivity index (χ1) is 8.87. The lowest BCUT2D eigenvalue weighted by Gasteiger charge is -2.26. The Labute approximate surface area is 125 Å². The van der Waals surface area contributed by atoms with Gasteiger partial charge in [-0.25, -0.2) is 0 Å². The van der Waals surface area contributed by atoms with Gasteiger partial charge in [-0.15, -0.1) is 0 Å². The van der Waals surface area contributed by atoms with Gasteiger partial charge in [0.2, 0.25) is 0 Å². The molecule has 5 heteroatoms. The first-order valence-corrected chi connectivity index (χ1v) is 6.97. The van der Waals surface area contributed by atoms with Crippen molar-refractivity contribution in [3.8, 4) is 0 Å². The minimum atomic E-state index is 0.117. The molecule has 0 aliphatic rings. The second-order valence-corrected chi connectivity index (χ2v) is 6.13. The van der Waals surface area contributed by atoms with Crippen molar-refractivity contribution in [3.63, 3.8) is 0 Å². The van der Waals surface area contributed by atoms with Crippen molar-refractivity contribution in [2.45, 2.75) is 20.3 Å². The quantitative estimate of drug-likeness (QED) is 0.757. The van der Waals surface area contributed by atoms with Crippen molar-refractivity contribution in [2.75, 3.05) is 25.6 Å². The van der Waals surface area contributed by atoms with Gasteiger partial charge >= 0.3 is 0 Å². The lowest BCUT2D eigenvalue weighted by molar-refractivity contribution is 0.157. The van der Waals surface area contributed by atoms with Crippen LogP contribution in [0.4, 0.5) is 5.69 Å². The second kappa shape index (κ2) is 7.08. The highest BCUT2D eigenvalue weighted by Crippen LogP contribution is 2.27. The lowest BCUT2D eigenvalue weighted by atomic mass is 9.89. The van der Waals surface area contributed by atoms with Gasteiger partial charge in [-0.3, -0.25) is 0 Å². The van der Waals surface area contributed by atoms with Crippen LogP contribution in [0.15, 0.2) is 18.2 Å². The highest BCUT2D eigenvalue weighted by Gasteiger charge is 2.18. The molecule has 0 atom stereocenters. The maximum absolute atomic E-state index is 6.13. The van der Waals surface area contributed by atoms with Gasteiger partial charge in [0, 0.05) is 25.9 Å². The Morgan fingerprint density at radius 1 is 1.47 bits per heavy atom. The van der Waals surface area contributed by atoms with E-state index in [2.05, 4.69) is 19.2 Å². The molecular weight excluding hydrogens is 280 g/mol. The summed E-state index contributed by atoms with van der Waals surface area (Å²) in [4.78, 5) is 0.308. The Bertz CT molecular complexity index is 449. The number of nitrogens with one attached hydrogen (secondary N) is 1. The first kappa shape index (κ1) is 16.2. The minimum absolute atomic E-state index is 0.117. The Hall–Kier alpha value is -0.840. The normalized spacial score (nSPS) is 11.4. The molecule has 0 aliphatic heterocycles. The third kappa shape index (κ3) is 4.97.